The van der Waals surface area contributed by atoms with Crippen LogP contribution in [0.2, 0.25) is 0 Å². The summed E-state index contributed by atoms with van der Waals surface area (Å²) < 4.78 is 1.73. The quantitative estimate of drug-likeness (QED) is 0.542. The molecule has 1 N–H and O–H groups in total. The lowest BCUT2D eigenvalue weighted by molar-refractivity contribution is -0.115. The number of carbonyl (C=O) groups is 1. The molecule has 1 aromatic carbocycles. The Morgan fingerprint density at radius 1 is 1.32 bits per heavy atom. The van der Waals surface area contributed by atoms with Crippen LogP contribution in [0.4, 0.5) is 5.69 Å². The molecule has 0 spiro atoms. The number of aryl methyl sites for hydroxylation is 2. The maximum atomic E-state index is 12.4. The lowest BCUT2D eigenvalue weighted by Crippen LogP contribution is -2.22. The van der Waals surface area contributed by atoms with Crippen LogP contribution in [0.5, 0.6) is 0 Å². The molecule has 1 atom stereocenters. The SMILES string of the molecule is C=C(C)CSc1nnc(S[C@H](C)C(=O)Nc2ccc3c(c2)CCC3)s1. The molecule has 0 aliphatic heterocycles. The summed E-state index contributed by atoms with van der Waals surface area (Å²) in [4.78, 5) is 12.4. The molecule has 0 saturated heterocycles. The molecule has 132 valence electrons. The summed E-state index contributed by atoms with van der Waals surface area (Å²) in [5, 5.41) is 11.1. The molecule has 1 heterocycles. The number of amides is 1. The monoisotopic (exact) mass is 391 g/mol. The van der Waals surface area contributed by atoms with Crippen molar-refractivity contribution in [3.63, 3.8) is 0 Å². The normalized spacial score (nSPS) is 14.2. The first-order valence-corrected chi connectivity index (χ1v) is 10.9. The van der Waals surface area contributed by atoms with Crippen molar-refractivity contribution in [1.82, 2.24) is 10.2 Å². The van der Waals surface area contributed by atoms with Crippen molar-refractivity contribution >= 4 is 46.5 Å². The van der Waals surface area contributed by atoms with Gasteiger partial charge < -0.3 is 5.32 Å². The zero-order valence-electron chi connectivity index (χ0n) is 14.4. The van der Waals surface area contributed by atoms with Gasteiger partial charge in [0.15, 0.2) is 8.68 Å². The first-order chi connectivity index (χ1) is 12.0. The maximum absolute atomic E-state index is 12.4. The smallest absolute Gasteiger partial charge is 0.237 e. The fourth-order valence-corrected chi connectivity index (χ4v) is 5.59. The lowest BCUT2D eigenvalue weighted by atomic mass is 10.1. The predicted octanol–water partition coefficient (Wildman–Crippen LogP) is 4.81. The molecule has 1 amide bonds. The number of carbonyl (C=O) groups excluding carboxylic acids is 1. The second-order valence-electron chi connectivity index (χ2n) is 6.17. The van der Waals surface area contributed by atoms with Crippen LogP contribution in [0.15, 0.2) is 39.0 Å². The molecule has 0 unspecified atom stereocenters. The molecule has 0 bridgehead atoms. The van der Waals surface area contributed by atoms with Crippen molar-refractivity contribution < 1.29 is 4.79 Å². The van der Waals surface area contributed by atoms with Gasteiger partial charge in [-0.1, -0.05) is 53.1 Å². The van der Waals surface area contributed by atoms with Gasteiger partial charge in [-0.2, -0.15) is 0 Å². The summed E-state index contributed by atoms with van der Waals surface area (Å²) in [6, 6.07) is 6.23. The first kappa shape index (κ1) is 18.5. The average Bonchev–Trinajstić information content (AvgIpc) is 3.21. The third-order valence-electron chi connectivity index (χ3n) is 3.84. The lowest BCUT2D eigenvalue weighted by Gasteiger charge is -2.11. The molecule has 3 rings (SSSR count). The Balaban J connectivity index is 1.55. The Labute approximate surface area is 160 Å². The molecule has 0 fully saturated rings. The number of hydrogen-bond donors (Lipinski definition) is 1. The van der Waals surface area contributed by atoms with Crippen LogP contribution in [0.1, 0.15) is 31.4 Å². The van der Waals surface area contributed by atoms with Gasteiger partial charge in [0.1, 0.15) is 0 Å². The molecule has 2 aromatic rings. The van der Waals surface area contributed by atoms with Crippen LogP contribution in [0, 0.1) is 0 Å². The van der Waals surface area contributed by atoms with Gasteiger partial charge in [-0.15, -0.1) is 10.2 Å². The summed E-state index contributed by atoms with van der Waals surface area (Å²) in [5.74, 6) is 0.836. The number of nitrogens with one attached hydrogen (secondary N) is 1. The van der Waals surface area contributed by atoms with Gasteiger partial charge in [0.05, 0.1) is 5.25 Å². The number of thioether (sulfide) groups is 2. The Morgan fingerprint density at radius 3 is 2.88 bits per heavy atom. The van der Waals surface area contributed by atoms with Crippen LogP contribution in [0.25, 0.3) is 0 Å². The van der Waals surface area contributed by atoms with E-state index in [2.05, 4.69) is 34.2 Å². The van der Waals surface area contributed by atoms with E-state index in [9.17, 15) is 4.79 Å². The highest BCUT2D eigenvalue weighted by Crippen LogP contribution is 2.32. The van der Waals surface area contributed by atoms with Gasteiger partial charge in [-0.25, -0.2) is 0 Å². The number of hydrogen-bond acceptors (Lipinski definition) is 6. The van der Waals surface area contributed by atoms with E-state index in [1.165, 1.54) is 40.6 Å². The van der Waals surface area contributed by atoms with E-state index in [-0.39, 0.29) is 11.2 Å². The Bertz CT molecular complexity index is 788. The van der Waals surface area contributed by atoms with Crippen molar-refractivity contribution in [2.24, 2.45) is 0 Å². The van der Waals surface area contributed by atoms with Crippen LogP contribution >= 0.6 is 34.9 Å². The molecule has 7 heteroatoms. The highest BCUT2D eigenvalue weighted by Gasteiger charge is 2.18. The number of rotatable bonds is 7. The van der Waals surface area contributed by atoms with Crippen molar-refractivity contribution in [1.29, 1.82) is 0 Å². The van der Waals surface area contributed by atoms with E-state index in [0.717, 1.165) is 38.5 Å². The van der Waals surface area contributed by atoms with E-state index in [1.54, 1.807) is 11.8 Å². The third-order valence-corrected chi connectivity index (χ3v) is 7.31. The fraction of sp³-hybridized carbons (Fsp3) is 0.389. The number of aromatic nitrogens is 2. The minimum Gasteiger partial charge on any atom is -0.325 e. The number of nitrogens with zero attached hydrogens (tertiary/aromatic N) is 2. The third kappa shape index (κ3) is 5.09. The van der Waals surface area contributed by atoms with Crippen LogP contribution < -0.4 is 5.32 Å². The number of fused-ring (bicyclic) bond motifs is 1. The second-order valence-corrected chi connectivity index (χ2v) is 9.95. The van der Waals surface area contributed by atoms with E-state index >= 15 is 0 Å². The Kier molecular flexibility index (Phi) is 6.19. The average molecular weight is 392 g/mol. The van der Waals surface area contributed by atoms with Gasteiger partial charge in [0.25, 0.3) is 0 Å². The fourth-order valence-electron chi connectivity index (χ4n) is 2.59. The van der Waals surface area contributed by atoms with Gasteiger partial charge in [-0.3, -0.25) is 4.79 Å². The van der Waals surface area contributed by atoms with E-state index in [0.29, 0.717) is 0 Å². The summed E-state index contributed by atoms with van der Waals surface area (Å²) >= 11 is 4.60. The second kappa shape index (κ2) is 8.38. The van der Waals surface area contributed by atoms with Gasteiger partial charge >= 0.3 is 0 Å². The molecule has 0 radical (unpaired) electrons. The number of anilines is 1. The first-order valence-electron chi connectivity index (χ1n) is 8.21. The molecular formula is C18H21N3OS3. The topological polar surface area (TPSA) is 54.9 Å². The van der Waals surface area contributed by atoms with Crippen LogP contribution in [0.3, 0.4) is 0 Å². The summed E-state index contributed by atoms with van der Waals surface area (Å²) in [6.07, 6.45) is 3.47. The van der Waals surface area contributed by atoms with Crippen molar-refractivity contribution in [2.75, 3.05) is 11.1 Å². The van der Waals surface area contributed by atoms with Crippen LogP contribution in [-0.2, 0) is 17.6 Å². The summed E-state index contributed by atoms with van der Waals surface area (Å²) in [7, 11) is 0. The molecule has 4 nitrogen and oxygen atoms in total. The largest absolute Gasteiger partial charge is 0.325 e. The highest BCUT2D eigenvalue weighted by molar-refractivity contribution is 8.04. The van der Waals surface area contributed by atoms with E-state index in [1.807, 2.05) is 19.9 Å². The predicted molar refractivity (Wildman–Crippen MR) is 108 cm³/mol. The Morgan fingerprint density at radius 2 is 2.08 bits per heavy atom. The molecule has 1 aromatic heterocycles. The standard InChI is InChI=1S/C18H21N3OS3/c1-11(2)10-23-17-20-21-18(25-17)24-12(3)16(22)19-15-8-7-13-5-4-6-14(13)9-15/h7-9,12H,1,4-6,10H2,2-3H3,(H,19,22)/t12-/m1/s1. The van der Waals surface area contributed by atoms with Gasteiger partial charge in [0.2, 0.25) is 5.91 Å². The molecular weight excluding hydrogens is 370 g/mol. The zero-order chi connectivity index (χ0) is 17.8. The highest BCUT2D eigenvalue weighted by atomic mass is 32.2. The van der Waals surface area contributed by atoms with Crippen molar-refractivity contribution in [2.45, 2.75) is 47.0 Å². The van der Waals surface area contributed by atoms with Gasteiger partial charge in [0, 0.05) is 11.4 Å². The number of benzene rings is 1. The molecule has 1 aliphatic carbocycles. The zero-order valence-corrected chi connectivity index (χ0v) is 16.8. The summed E-state index contributed by atoms with van der Waals surface area (Å²) in [6.45, 7) is 7.78. The molecule has 25 heavy (non-hydrogen) atoms. The van der Waals surface area contributed by atoms with Crippen molar-refractivity contribution in [3.8, 4) is 0 Å². The van der Waals surface area contributed by atoms with E-state index in [4.69, 9.17) is 0 Å². The minimum atomic E-state index is -0.222. The van der Waals surface area contributed by atoms with Crippen LogP contribution in [-0.4, -0.2) is 27.1 Å². The molecule has 1 aliphatic rings. The Hall–Kier alpha value is -1.31. The maximum Gasteiger partial charge on any atom is 0.237 e. The minimum absolute atomic E-state index is 0.00529. The van der Waals surface area contributed by atoms with Crippen molar-refractivity contribution in [3.05, 3.63) is 41.5 Å². The van der Waals surface area contributed by atoms with Gasteiger partial charge in [-0.05, 0) is 56.4 Å². The summed E-state index contributed by atoms with van der Waals surface area (Å²) in [5.41, 5.74) is 4.76. The molecule has 0 saturated carbocycles. The van der Waals surface area contributed by atoms with E-state index < -0.39 is 0 Å².